The highest BCUT2D eigenvalue weighted by Gasteiger charge is 2.13. The molecule has 128 valence electrons. The summed E-state index contributed by atoms with van der Waals surface area (Å²) in [6.45, 7) is 1.80. The second kappa shape index (κ2) is 8.44. The van der Waals surface area contributed by atoms with Crippen molar-refractivity contribution in [2.24, 2.45) is 0 Å². The van der Waals surface area contributed by atoms with E-state index in [1.807, 2.05) is 54.6 Å². The average Bonchev–Trinajstić information content (AvgIpc) is 3.05. The fraction of sp³-hybridized carbons (Fsp3) is 0.111. The van der Waals surface area contributed by atoms with E-state index in [-0.39, 0.29) is 0 Å². The maximum absolute atomic E-state index is 5.39. The minimum atomic E-state index is 0.478. The summed E-state index contributed by atoms with van der Waals surface area (Å²) >= 11 is 4.64. The Labute approximate surface area is 158 Å². The third-order valence-corrected chi connectivity index (χ3v) is 4.44. The number of nitrogens with zero attached hydrogens (tertiary/aromatic N) is 2. The highest BCUT2D eigenvalue weighted by atomic mass is 79.9. The Morgan fingerprint density at radius 3 is 2.64 bits per heavy atom. The van der Waals surface area contributed by atoms with Crippen LogP contribution in [0.3, 0.4) is 0 Å². The van der Waals surface area contributed by atoms with Crippen LogP contribution >= 0.6 is 28.0 Å². The molecule has 0 unspecified atom stereocenters. The van der Waals surface area contributed by atoms with Gasteiger partial charge < -0.3 is 4.52 Å². The van der Waals surface area contributed by atoms with E-state index in [9.17, 15) is 0 Å². The van der Waals surface area contributed by atoms with Crippen molar-refractivity contribution in [3.05, 3.63) is 75.8 Å². The van der Waals surface area contributed by atoms with Gasteiger partial charge in [0.1, 0.15) is 0 Å². The lowest BCUT2D eigenvalue weighted by molar-refractivity contribution is -0.160. The summed E-state index contributed by atoms with van der Waals surface area (Å²) in [4.78, 5) is 9.90. The van der Waals surface area contributed by atoms with E-state index in [4.69, 9.17) is 8.86 Å². The first-order valence-corrected chi connectivity index (χ1v) is 8.95. The molecule has 0 saturated heterocycles. The number of rotatable bonds is 6. The lowest BCUT2D eigenvalue weighted by atomic mass is 10.0. The van der Waals surface area contributed by atoms with Crippen LogP contribution in [0.5, 0.6) is 0 Å². The van der Waals surface area contributed by atoms with Crippen LogP contribution in [0.4, 0.5) is 0 Å². The van der Waals surface area contributed by atoms with E-state index in [0.717, 1.165) is 38.1 Å². The number of hydrogen-bond acceptors (Lipinski definition) is 6. The van der Waals surface area contributed by atoms with Gasteiger partial charge in [0.2, 0.25) is 0 Å². The Hall–Kier alpha value is -1.93. The summed E-state index contributed by atoms with van der Waals surface area (Å²) in [6.07, 6.45) is 2.02. The molecule has 1 aromatic heterocycles. The van der Waals surface area contributed by atoms with Gasteiger partial charge in [-0.15, -0.1) is 0 Å². The van der Waals surface area contributed by atoms with Crippen LogP contribution in [0.1, 0.15) is 22.8 Å². The molecule has 25 heavy (non-hydrogen) atoms. The molecular weight excluding hydrogens is 404 g/mol. The predicted octanol–water partition coefficient (Wildman–Crippen LogP) is 5.31. The van der Waals surface area contributed by atoms with Crippen LogP contribution in [-0.4, -0.2) is 17.3 Å². The summed E-state index contributed by atoms with van der Waals surface area (Å²) in [5.74, 6) is 1.07. The van der Waals surface area contributed by atoms with Gasteiger partial charge in [0.15, 0.2) is 5.82 Å². The van der Waals surface area contributed by atoms with Crippen molar-refractivity contribution in [2.75, 3.05) is 7.11 Å². The second-order valence-electron chi connectivity index (χ2n) is 5.10. The molecule has 7 heteroatoms. The fourth-order valence-corrected chi connectivity index (χ4v) is 3.01. The topological polar surface area (TPSA) is 57.4 Å². The molecule has 0 aliphatic heterocycles. The molecule has 0 aliphatic carbocycles. The summed E-state index contributed by atoms with van der Waals surface area (Å²) in [6, 6.07) is 15.8. The molecule has 0 amide bonds. The molecular formula is C18H15BrN2O3S. The summed E-state index contributed by atoms with van der Waals surface area (Å²) in [5, 5.41) is 3.90. The molecule has 1 heterocycles. The number of benzene rings is 2. The van der Waals surface area contributed by atoms with E-state index in [1.165, 1.54) is 7.11 Å². The van der Waals surface area contributed by atoms with Gasteiger partial charge in [-0.3, -0.25) is 0 Å². The largest absolute Gasteiger partial charge is 0.334 e. The average molecular weight is 419 g/mol. The first-order chi connectivity index (χ1) is 12.2. The molecule has 0 atom stereocenters. The van der Waals surface area contributed by atoms with E-state index >= 15 is 0 Å². The predicted molar refractivity (Wildman–Crippen MR) is 101 cm³/mol. The van der Waals surface area contributed by atoms with Gasteiger partial charge in [-0.25, -0.2) is 4.89 Å². The van der Waals surface area contributed by atoms with E-state index < -0.39 is 0 Å². The molecule has 3 rings (SSSR count). The molecule has 0 bridgehead atoms. The van der Waals surface area contributed by atoms with E-state index in [1.54, 1.807) is 6.92 Å². The molecule has 0 spiro atoms. The number of aryl methyl sites for hydroxylation is 1. The Morgan fingerprint density at radius 1 is 1.20 bits per heavy atom. The van der Waals surface area contributed by atoms with Crippen LogP contribution in [0.15, 0.2) is 62.4 Å². The molecule has 2 aromatic carbocycles. The van der Waals surface area contributed by atoms with Crippen molar-refractivity contribution in [2.45, 2.75) is 11.8 Å². The van der Waals surface area contributed by atoms with Crippen LogP contribution in [-0.2, 0) is 9.22 Å². The van der Waals surface area contributed by atoms with Crippen molar-refractivity contribution in [1.29, 1.82) is 0 Å². The van der Waals surface area contributed by atoms with Gasteiger partial charge in [0.05, 0.1) is 19.2 Å². The van der Waals surface area contributed by atoms with Crippen molar-refractivity contribution in [3.8, 4) is 0 Å². The van der Waals surface area contributed by atoms with Crippen LogP contribution < -0.4 is 0 Å². The van der Waals surface area contributed by atoms with Crippen molar-refractivity contribution in [1.82, 2.24) is 10.1 Å². The summed E-state index contributed by atoms with van der Waals surface area (Å²) in [5.41, 5.74) is 2.84. The van der Waals surface area contributed by atoms with Gasteiger partial charge in [0.25, 0.3) is 5.89 Å². The third kappa shape index (κ3) is 4.79. The normalized spacial score (nSPS) is 11.7. The second-order valence-corrected chi connectivity index (χ2v) is 6.79. The molecule has 5 nitrogen and oxygen atoms in total. The van der Waals surface area contributed by atoms with Gasteiger partial charge in [-0.05, 0) is 48.4 Å². The van der Waals surface area contributed by atoms with Crippen molar-refractivity contribution >= 4 is 39.6 Å². The smallest absolute Gasteiger partial charge is 0.258 e. The molecule has 3 aromatic rings. The first-order valence-electron chi connectivity index (χ1n) is 7.41. The zero-order valence-corrected chi connectivity index (χ0v) is 16.0. The highest BCUT2D eigenvalue weighted by molar-refractivity contribution is 9.10. The standard InChI is InChI=1S/C18H15BrN2O3S/c1-12-20-18(23-21-12)17(11-13-4-3-5-15(19)10-13)14-6-8-16(9-7-14)25-24-22-2/h3-11H,1-2H3. The Kier molecular flexibility index (Phi) is 6.04. The summed E-state index contributed by atoms with van der Waals surface area (Å²) in [7, 11) is 1.47. The lowest BCUT2D eigenvalue weighted by Gasteiger charge is -2.06. The SMILES string of the molecule is COOSc1ccc(C(=Cc2cccc(Br)c2)c2nc(C)no2)cc1. The Morgan fingerprint density at radius 2 is 2.00 bits per heavy atom. The Bertz CT molecular complexity index is 878. The zero-order chi connectivity index (χ0) is 17.6. The molecule has 0 fully saturated rings. The van der Waals surface area contributed by atoms with E-state index in [0.29, 0.717) is 11.7 Å². The Balaban J connectivity index is 1.99. The number of aromatic nitrogens is 2. The zero-order valence-electron chi connectivity index (χ0n) is 13.6. The molecule has 0 radical (unpaired) electrons. The maximum Gasteiger partial charge on any atom is 0.258 e. The first kappa shape index (κ1) is 17.9. The highest BCUT2D eigenvalue weighted by Crippen LogP contribution is 2.28. The minimum absolute atomic E-state index is 0.478. The number of hydrogen-bond donors (Lipinski definition) is 0. The van der Waals surface area contributed by atoms with Crippen molar-refractivity contribution in [3.63, 3.8) is 0 Å². The molecule has 0 aliphatic rings. The van der Waals surface area contributed by atoms with Gasteiger partial charge in [-0.2, -0.15) is 9.32 Å². The van der Waals surface area contributed by atoms with Crippen molar-refractivity contribution < 1.29 is 13.7 Å². The summed E-state index contributed by atoms with van der Waals surface area (Å²) < 4.78 is 11.3. The molecule has 0 N–H and O–H groups in total. The maximum atomic E-state index is 5.39. The van der Waals surface area contributed by atoms with E-state index in [2.05, 4.69) is 31.0 Å². The minimum Gasteiger partial charge on any atom is -0.334 e. The van der Waals surface area contributed by atoms with Gasteiger partial charge in [-0.1, -0.05) is 45.4 Å². The number of halogens is 1. The fourth-order valence-electron chi connectivity index (χ4n) is 2.20. The molecule has 0 saturated carbocycles. The lowest BCUT2D eigenvalue weighted by Crippen LogP contribution is -1.90. The van der Waals surface area contributed by atoms with Crippen LogP contribution in [0.25, 0.3) is 11.6 Å². The van der Waals surface area contributed by atoms with Gasteiger partial charge in [0, 0.05) is 14.9 Å². The van der Waals surface area contributed by atoms with Crippen LogP contribution in [0, 0.1) is 6.92 Å². The monoisotopic (exact) mass is 418 g/mol. The quantitative estimate of drug-likeness (QED) is 0.234. The van der Waals surface area contributed by atoms with Crippen LogP contribution in [0.2, 0.25) is 0 Å². The third-order valence-electron chi connectivity index (χ3n) is 3.28. The van der Waals surface area contributed by atoms with Gasteiger partial charge >= 0.3 is 0 Å².